The standard InChI is InChI=1S/C13H25N3O2/c1-9(2)8-16-11(17)5-7-15-13(18)12-10(3)4-6-14-12/h9-10,12,14H,4-8H2,1-3H3,(H,15,18)(H,16,17). The molecule has 0 aromatic heterocycles. The molecule has 104 valence electrons. The number of hydrogen-bond acceptors (Lipinski definition) is 3. The van der Waals surface area contributed by atoms with Gasteiger partial charge in [-0.25, -0.2) is 0 Å². The van der Waals surface area contributed by atoms with Gasteiger partial charge in [-0.3, -0.25) is 9.59 Å². The Labute approximate surface area is 109 Å². The van der Waals surface area contributed by atoms with Crippen molar-refractivity contribution in [1.29, 1.82) is 0 Å². The normalized spacial score (nSPS) is 23.1. The first-order valence-electron chi connectivity index (χ1n) is 6.78. The Balaban J connectivity index is 2.13. The number of nitrogens with one attached hydrogen (secondary N) is 3. The molecule has 0 aliphatic carbocycles. The summed E-state index contributed by atoms with van der Waals surface area (Å²) in [7, 11) is 0. The topological polar surface area (TPSA) is 70.2 Å². The summed E-state index contributed by atoms with van der Waals surface area (Å²) in [5.41, 5.74) is 0. The van der Waals surface area contributed by atoms with E-state index in [-0.39, 0.29) is 17.9 Å². The van der Waals surface area contributed by atoms with E-state index in [1.807, 2.05) is 0 Å². The Kier molecular flexibility index (Phi) is 6.12. The van der Waals surface area contributed by atoms with Crippen LogP contribution in [0.1, 0.15) is 33.6 Å². The van der Waals surface area contributed by atoms with Crippen molar-refractivity contribution in [2.75, 3.05) is 19.6 Å². The van der Waals surface area contributed by atoms with Crippen LogP contribution in [0.5, 0.6) is 0 Å². The van der Waals surface area contributed by atoms with Crippen LogP contribution in [0.3, 0.4) is 0 Å². The van der Waals surface area contributed by atoms with Gasteiger partial charge in [0.2, 0.25) is 11.8 Å². The quantitative estimate of drug-likeness (QED) is 0.638. The van der Waals surface area contributed by atoms with Gasteiger partial charge in [0.1, 0.15) is 0 Å². The second-order valence-electron chi connectivity index (χ2n) is 5.44. The van der Waals surface area contributed by atoms with Crippen molar-refractivity contribution < 1.29 is 9.59 Å². The van der Waals surface area contributed by atoms with Gasteiger partial charge in [0.05, 0.1) is 6.04 Å². The minimum absolute atomic E-state index is 0.00331. The highest BCUT2D eigenvalue weighted by Crippen LogP contribution is 2.13. The molecule has 0 saturated carbocycles. The molecule has 2 amide bonds. The molecule has 1 fully saturated rings. The number of carbonyl (C=O) groups is 2. The third kappa shape index (κ3) is 5.04. The fourth-order valence-corrected chi connectivity index (χ4v) is 2.00. The molecule has 2 atom stereocenters. The summed E-state index contributed by atoms with van der Waals surface area (Å²) in [6.07, 6.45) is 1.38. The van der Waals surface area contributed by atoms with E-state index in [4.69, 9.17) is 0 Å². The van der Waals surface area contributed by atoms with Crippen molar-refractivity contribution in [2.24, 2.45) is 11.8 Å². The van der Waals surface area contributed by atoms with Crippen LogP contribution < -0.4 is 16.0 Å². The number of rotatable bonds is 6. The summed E-state index contributed by atoms with van der Waals surface area (Å²) in [4.78, 5) is 23.2. The zero-order valence-electron chi connectivity index (χ0n) is 11.6. The highest BCUT2D eigenvalue weighted by atomic mass is 16.2. The Morgan fingerprint density at radius 3 is 2.61 bits per heavy atom. The predicted molar refractivity (Wildman–Crippen MR) is 71.0 cm³/mol. The van der Waals surface area contributed by atoms with Crippen molar-refractivity contribution in [3.63, 3.8) is 0 Å². The Bertz CT molecular complexity index is 292. The summed E-state index contributed by atoms with van der Waals surface area (Å²) in [5, 5.41) is 8.81. The Morgan fingerprint density at radius 2 is 2.06 bits per heavy atom. The highest BCUT2D eigenvalue weighted by molar-refractivity contribution is 5.83. The van der Waals surface area contributed by atoms with E-state index in [2.05, 4.69) is 36.7 Å². The van der Waals surface area contributed by atoms with Crippen LogP contribution >= 0.6 is 0 Å². The Hall–Kier alpha value is -1.10. The van der Waals surface area contributed by atoms with Crippen LogP contribution in [0.25, 0.3) is 0 Å². The van der Waals surface area contributed by atoms with Crippen LogP contribution in [0.2, 0.25) is 0 Å². The molecule has 1 saturated heterocycles. The van der Waals surface area contributed by atoms with Gasteiger partial charge in [0.15, 0.2) is 0 Å². The molecule has 2 unspecified atom stereocenters. The molecule has 5 heteroatoms. The molecular weight excluding hydrogens is 230 g/mol. The van der Waals surface area contributed by atoms with E-state index in [1.165, 1.54) is 0 Å². The van der Waals surface area contributed by atoms with Crippen molar-refractivity contribution in [3.8, 4) is 0 Å². The summed E-state index contributed by atoms with van der Waals surface area (Å²) in [6.45, 7) is 8.17. The fraction of sp³-hybridized carbons (Fsp3) is 0.846. The van der Waals surface area contributed by atoms with E-state index in [9.17, 15) is 9.59 Å². The summed E-state index contributed by atoms with van der Waals surface area (Å²) in [6, 6.07) is -0.0938. The van der Waals surface area contributed by atoms with Crippen molar-refractivity contribution in [2.45, 2.75) is 39.7 Å². The molecular formula is C13H25N3O2. The van der Waals surface area contributed by atoms with Gasteiger partial charge >= 0.3 is 0 Å². The summed E-state index contributed by atoms with van der Waals surface area (Å²) < 4.78 is 0. The molecule has 0 bridgehead atoms. The lowest BCUT2D eigenvalue weighted by Gasteiger charge is -2.15. The Morgan fingerprint density at radius 1 is 1.33 bits per heavy atom. The maximum absolute atomic E-state index is 11.8. The van der Waals surface area contributed by atoms with Crippen LogP contribution in [0.15, 0.2) is 0 Å². The lowest BCUT2D eigenvalue weighted by atomic mass is 10.0. The zero-order valence-corrected chi connectivity index (χ0v) is 11.6. The van der Waals surface area contributed by atoms with Gasteiger partial charge in [-0.1, -0.05) is 20.8 Å². The first-order chi connectivity index (χ1) is 8.50. The van der Waals surface area contributed by atoms with E-state index in [0.29, 0.717) is 31.3 Å². The zero-order chi connectivity index (χ0) is 13.5. The molecule has 3 N–H and O–H groups in total. The molecule has 0 radical (unpaired) electrons. The van der Waals surface area contributed by atoms with E-state index < -0.39 is 0 Å². The van der Waals surface area contributed by atoms with Crippen LogP contribution in [0, 0.1) is 11.8 Å². The molecule has 1 aliphatic heterocycles. The average molecular weight is 255 g/mol. The third-order valence-electron chi connectivity index (χ3n) is 3.17. The first kappa shape index (κ1) is 15.0. The lowest BCUT2D eigenvalue weighted by molar-refractivity contribution is -0.124. The van der Waals surface area contributed by atoms with Gasteiger partial charge < -0.3 is 16.0 Å². The SMILES string of the molecule is CC(C)CNC(=O)CCNC(=O)C1NCCC1C. The maximum Gasteiger partial charge on any atom is 0.237 e. The van der Waals surface area contributed by atoms with Crippen LogP contribution in [-0.4, -0.2) is 37.5 Å². The lowest BCUT2D eigenvalue weighted by Crippen LogP contribution is -2.44. The van der Waals surface area contributed by atoms with Gasteiger partial charge in [-0.15, -0.1) is 0 Å². The van der Waals surface area contributed by atoms with Gasteiger partial charge in [-0.2, -0.15) is 0 Å². The molecule has 0 spiro atoms. The third-order valence-corrected chi connectivity index (χ3v) is 3.17. The molecule has 0 aromatic rings. The molecule has 1 aliphatic rings. The largest absolute Gasteiger partial charge is 0.356 e. The van der Waals surface area contributed by atoms with E-state index >= 15 is 0 Å². The van der Waals surface area contributed by atoms with Crippen molar-refractivity contribution in [3.05, 3.63) is 0 Å². The van der Waals surface area contributed by atoms with E-state index in [0.717, 1.165) is 13.0 Å². The van der Waals surface area contributed by atoms with Gasteiger partial charge in [0, 0.05) is 19.5 Å². The minimum Gasteiger partial charge on any atom is -0.356 e. The predicted octanol–water partition coefficient (Wildman–Crippen LogP) is 0.263. The molecule has 1 heterocycles. The van der Waals surface area contributed by atoms with Gasteiger partial charge in [0.25, 0.3) is 0 Å². The monoisotopic (exact) mass is 255 g/mol. The maximum atomic E-state index is 11.8. The second-order valence-corrected chi connectivity index (χ2v) is 5.44. The van der Waals surface area contributed by atoms with E-state index in [1.54, 1.807) is 0 Å². The molecule has 18 heavy (non-hydrogen) atoms. The number of hydrogen-bond donors (Lipinski definition) is 3. The highest BCUT2D eigenvalue weighted by Gasteiger charge is 2.28. The smallest absolute Gasteiger partial charge is 0.237 e. The van der Waals surface area contributed by atoms with Crippen molar-refractivity contribution >= 4 is 11.8 Å². The van der Waals surface area contributed by atoms with Crippen LogP contribution in [0.4, 0.5) is 0 Å². The molecule has 5 nitrogen and oxygen atoms in total. The molecule has 0 aromatic carbocycles. The fourth-order valence-electron chi connectivity index (χ4n) is 2.00. The molecule has 1 rings (SSSR count). The first-order valence-corrected chi connectivity index (χ1v) is 6.78. The summed E-state index contributed by atoms with van der Waals surface area (Å²) >= 11 is 0. The average Bonchev–Trinajstić information content (AvgIpc) is 2.72. The number of carbonyl (C=O) groups excluding carboxylic acids is 2. The van der Waals surface area contributed by atoms with Gasteiger partial charge in [-0.05, 0) is 24.8 Å². The van der Waals surface area contributed by atoms with Crippen molar-refractivity contribution in [1.82, 2.24) is 16.0 Å². The minimum atomic E-state index is -0.0938. The number of amides is 2. The van der Waals surface area contributed by atoms with Crippen LogP contribution in [-0.2, 0) is 9.59 Å². The second kappa shape index (κ2) is 7.36. The summed E-state index contributed by atoms with van der Waals surface area (Å²) in [5.74, 6) is 0.833.